The molecular weight excluding hydrogens is 444 g/mol. The number of likely N-dealkylation sites (tertiary alicyclic amines) is 1. The van der Waals surface area contributed by atoms with Crippen molar-refractivity contribution in [3.05, 3.63) is 46.5 Å². The number of hydrogen-bond donors (Lipinski definition) is 1. The monoisotopic (exact) mass is 478 g/mol. The Hall–Kier alpha value is -1.37. The van der Waals surface area contributed by atoms with E-state index in [1.165, 1.54) is 10.0 Å². The second kappa shape index (κ2) is 10.8. The number of amides is 1. The molecule has 0 spiro atoms. The standard InChI is InChI=1S/C24H35BrN2O3/c1-24(2,3)30-23(28)26-22-13-14-27(15-18-7-5-4-6-8-18)16-19(22)17-29-21-11-9-20(25)10-12-21/h4-9,19,21-22H,10-17H2,1-3H3,(H,26,28)/t19-,21?,22-/m0/s1. The minimum Gasteiger partial charge on any atom is -0.444 e. The number of benzene rings is 1. The fraction of sp³-hybridized carbons (Fsp3) is 0.625. The maximum absolute atomic E-state index is 12.4. The van der Waals surface area contributed by atoms with E-state index in [-0.39, 0.29) is 24.2 Å². The first kappa shape index (κ1) is 23.3. The third kappa shape index (κ3) is 7.71. The molecule has 1 unspecified atom stereocenters. The summed E-state index contributed by atoms with van der Waals surface area (Å²) in [6, 6.07) is 10.6. The van der Waals surface area contributed by atoms with Crippen molar-refractivity contribution in [1.29, 1.82) is 0 Å². The van der Waals surface area contributed by atoms with Crippen molar-refractivity contribution < 1.29 is 14.3 Å². The molecule has 3 rings (SSSR count). The van der Waals surface area contributed by atoms with Crippen molar-refractivity contribution in [2.45, 2.75) is 70.7 Å². The van der Waals surface area contributed by atoms with Gasteiger partial charge >= 0.3 is 6.09 Å². The lowest BCUT2D eigenvalue weighted by Gasteiger charge is -2.39. The molecule has 166 valence electrons. The maximum atomic E-state index is 12.4. The van der Waals surface area contributed by atoms with Crippen LogP contribution >= 0.6 is 15.9 Å². The molecule has 2 aliphatic rings. The van der Waals surface area contributed by atoms with Crippen molar-refractivity contribution in [2.24, 2.45) is 5.92 Å². The van der Waals surface area contributed by atoms with Crippen LogP contribution in [0.3, 0.4) is 0 Å². The second-order valence-electron chi connectivity index (χ2n) is 9.40. The molecule has 0 aromatic heterocycles. The smallest absolute Gasteiger partial charge is 0.407 e. The number of ether oxygens (including phenoxy) is 2. The Labute approximate surface area is 189 Å². The van der Waals surface area contributed by atoms with Gasteiger partial charge in [-0.2, -0.15) is 0 Å². The molecule has 1 aromatic rings. The molecule has 6 heteroatoms. The van der Waals surface area contributed by atoms with E-state index in [2.05, 4.69) is 56.5 Å². The van der Waals surface area contributed by atoms with Crippen LogP contribution in [0.1, 0.15) is 52.0 Å². The summed E-state index contributed by atoms with van der Waals surface area (Å²) in [5.74, 6) is 0.240. The molecule has 5 nitrogen and oxygen atoms in total. The van der Waals surface area contributed by atoms with Gasteiger partial charge in [-0.05, 0) is 56.5 Å². The Morgan fingerprint density at radius 1 is 1.23 bits per heavy atom. The molecule has 0 radical (unpaired) electrons. The Morgan fingerprint density at radius 2 is 2.00 bits per heavy atom. The van der Waals surface area contributed by atoms with Crippen molar-refractivity contribution in [1.82, 2.24) is 10.2 Å². The molecule has 0 bridgehead atoms. The third-order valence-electron chi connectivity index (χ3n) is 5.62. The molecule has 1 aromatic carbocycles. The van der Waals surface area contributed by atoms with Crippen LogP contribution in [0.5, 0.6) is 0 Å². The van der Waals surface area contributed by atoms with Crippen molar-refractivity contribution in [3.63, 3.8) is 0 Å². The number of alkyl carbamates (subject to hydrolysis) is 1. The summed E-state index contributed by atoms with van der Waals surface area (Å²) >= 11 is 3.58. The zero-order valence-corrected chi connectivity index (χ0v) is 20.0. The lowest BCUT2D eigenvalue weighted by atomic mass is 9.92. The summed E-state index contributed by atoms with van der Waals surface area (Å²) < 4.78 is 13.1. The van der Waals surface area contributed by atoms with Crippen molar-refractivity contribution >= 4 is 22.0 Å². The van der Waals surface area contributed by atoms with E-state index in [1.54, 1.807) is 0 Å². The van der Waals surface area contributed by atoms with Gasteiger partial charge in [-0.3, -0.25) is 4.90 Å². The Balaban J connectivity index is 1.59. The highest BCUT2D eigenvalue weighted by atomic mass is 79.9. The van der Waals surface area contributed by atoms with Crippen LogP contribution in [-0.4, -0.2) is 48.4 Å². The summed E-state index contributed by atoms with van der Waals surface area (Å²) in [5.41, 5.74) is 0.823. The van der Waals surface area contributed by atoms with Crippen LogP contribution in [0, 0.1) is 5.92 Å². The van der Waals surface area contributed by atoms with Crippen molar-refractivity contribution in [3.8, 4) is 0 Å². The zero-order chi connectivity index (χ0) is 21.6. The van der Waals surface area contributed by atoms with Crippen LogP contribution in [0.2, 0.25) is 0 Å². The molecule has 1 heterocycles. The van der Waals surface area contributed by atoms with Gasteiger partial charge in [-0.15, -0.1) is 0 Å². The van der Waals surface area contributed by atoms with Gasteiger partial charge in [0.15, 0.2) is 0 Å². The molecule has 1 N–H and O–H groups in total. The number of nitrogens with zero attached hydrogens (tertiary/aromatic N) is 1. The van der Waals surface area contributed by atoms with E-state index in [0.29, 0.717) is 6.61 Å². The molecule has 1 fully saturated rings. The predicted octanol–water partition coefficient (Wildman–Crippen LogP) is 5.25. The van der Waals surface area contributed by atoms with E-state index in [9.17, 15) is 4.79 Å². The second-order valence-corrected chi connectivity index (χ2v) is 10.4. The van der Waals surface area contributed by atoms with Crippen LogP contribution in [-0.2, 0) is 16.0 Å². The van der Waals surface area contributed by atoms with Crippen LogP contribution in [0.15, 0.2) is 40.9 Å². The Bertz CT molecular complexity index is 717. The van der Waals surface area contributed by atoms with Gasteiger partial charge < -0.3 is 14.8 Å². The van der Waals surface area contributed by atoms with E-state index in [4.69, 9.17) is 9.47 Å². The number of rotatable bonds is 6. The summed E-state index contributed by atoms with van der Waals surface area (Å²) in [4.78, 5) is 14.9. The Kier molecular flexibility index (Phi) is 8.37. The number of carbonyl (C=O) groups excluding carboxylic acids is 1. The fourth-order valence-electron chi connectivity index (χ4n) is 4.10. The van der Waals surface area contributed by atoms with Gasteiger partial charge in [0, 0.05) is 31.6 Å². The highest BCUT2D eigenvalue weighted by molar-refractivity contribution is 9.11. The normalized spacial score (nSPS) is 25.5. The number of allylic oxidation sites excluding steroid dienone is 1. The van der Waals surface area contributed by atoms with Crippen LogP contribution in [0.4, 0.5) is 4.79 Å². The van der Waals surface area contributed by atoms with Gasteiger partial charge in [-0.1, -0.05) is 52.3 Å². The summed E-state index contributed by atoms with van der Waals surface area (Å²) in [6.45, 7) is 9.11. The highest BCUT2D eigenvalue weighted by Gasteiger charge is 2.32. The molecule has 1 aliphatic heterocycles. The predicted molar refractivity (Wildman–Crippen MR) is 124 cm³/mol. The van der Waals surface area contributed by atoms with Gasteiger partial charge in [-0.25, -0.2) is 4.79 Å². The summed E-state index contributed by atoms with van der Waals surface area (Å²) in [7, 11) is 0. The fourth-order valence-corrected chi connectivity index (χ4v) is 4.52. The molecule has 3 atom stereocenters. The zero-order valence-electron chi connectivity index (χ0n) is 18.4. The number of carbonyl (C=O) groups is 1. The van der Waals surface area contributed by atoms with Gasteiger partial charge in [0.1, 0.15) is 5.60 Å². The van der Waals surface area contributed by atoms with E-state index >= 15 is 0 Å². The van der Waals surface area contributed by atoms with Gasteiger partial charge in [0.2, 0.25) is 0 Å². The summed E-state index contributed by atoms with van der Waals surface area (Å²) in [6.07, 6.45) is 6.07. The number of piperidine rings is 1. The topological polar surface area (TPSA) is 50.8 Å². The molecule has 0 saturated carbocycles. The van der Waals surface area contributed by atoms with Crippen LogP contribution in [0.25, 0.3) is 0 Å². The van der Waals surface area contributed by atoms with E-state index in [0.717, 1.165) is 45.3 Å². The van der Waals surface area contributed by atoms with E-state index in [1.807, 2.05) is 26.8 Å². The van der Waals surface area contributed by atoms with Gasteiger partial charge in [0.05, 0.1) is 12.7 Å². The Morgan fingerprint density at radius 3 is 2.67 bits per heavy atom. The first-order valence-electron chi connectivity index (χ1n) is 11.0. The number of hydrogen-bond acceptors (Lipinski definition) is 4. The van der Waals surface area contributed by atoms with E-state index < -0.39 is 5.60 Å². The highest BCUT2D eigenvalue weighted by Crippen LogP contribution is 2.26. The number of halogens is 1. The SMILES string of the molecule is CC(C)(C)OC(=O)N[C@H]1CCN(Cc2ccccc2)C[C@H]1COC1CC=C(Br)CC1. The molecule has 1 amide bonds. The first-order chi connectivity index (χ1) is 14.3. The first-order valence-corrected chi connectivity index (χ1v) is 11.8. The number of nitrogens with one attached hydrogen (secondary N) is 1. The lowest BCUT2D eigenvalue weighted by molar-refractivity contribution is -0.00991. The largest absolute Gasteiger partial charge is 0.444 e. The van der Waals surface area contributed by atoms with Crippen LogP contribution < -0.4 is 5.32 Å². The molecule has 30 heavy (non-hydrogen) atoms. The minimum atomic E-state index is -0.494. The average molecular weight is 479 g/mol. The molecule has 1 saturated heterocycles. The molecular formula is C24H35BrN2O3. The average Bonchev–Trinajstić information content (AvgIpc) is 2.68. The van der Waals surface area contributed by atoms with Crippen molar-refractivity contribution in [2.75, 3.05) is 19.7 Å². The lowest BCUT2D eigenvalue weighted by Crippen LogP contribution is -2.53. The maximum Gasteiger partial charge on any atom is 0.407 e. The molecule has 1 aliphatic carbocycles. The van der Waals surface area contributed by atoms with Gasteiger partial charge in [0.25, 0.3) is 0 Å². The quantitative estimate of drug-likeness (QED) is 0.606. The third-order valence-corrected chi connectivity index (χ3v) is 6.34. The minimum absolute atomic E-state index is 0.0674. The summed E-state index contributed by atoms with van der Waals surface area (Å²) in [5, 5.41) is 3.12.